The third-order valence-corrected chi connectivity index (χ3v) is 6.34. The van der Waals surface area contributed by atoms with Gasteiger partial charge in [0.2, 0.25) is 5.91 Å². The number of nitrogens with one attached hydrogen (secondary N) is 1. The first kappa shape index (κ1) is 16.4. The molecule has 0 aromatic carbocycles. The van der Waals surface area contributed by atoms with Gasteiger partial charge in [-0.05, 0) is 24.3 Å². The second-order valence-corrected chi connectivity index (χ2v) is 8.46. The average Bonchev–Trinajstić information content (AvgIpc) is 2.91. The zero-order valence-corrected chi connectivity index (χ0v) is 13.9. The Hall–Kier alpha value is -0.960. The highest BCUT2D eigenvalue weighted by Gasteiger charge is 2.29. The van der Waals surface area contributed by atoms with Crippen molar-refractivity contribution in [1.82, 2.24) is 13.9 Å². The first-order valence-corrected chi connectivity index (χ1v) is 9.16. The van der Waals surface area contributed by atoms with Gasteiger partial charge in [-0.3, -0.25) is 4.79 Å². The number of nitrogens with zero attached hydrogens (tertiary/aromatic N) is 2. The molecule has 0 atom stereocenters. The Morgan fingerprint density at radius 3 is 2.62 bits per heavy atom. The maximum absolute atomic E-state index is 12.0. The molecule has 6 nitrogen and oxygen atoms in total. The molecule has 2 heterocycles. The molecule has 1 fully saturated rings. The van der Waals surface area contributed by atoms with Gasteiger partial charge in [-0.15, -0.1) is 11.3 Å². The Morgan fingerprint density at radius 2 is 2.10 bits per heavy atom. The molecule has 21 heavy (non-hydrogen) atoms. The van der Waals surface area contributed by atoms with Gasteiger partial charge in [-0.25, -0.2) is 0 Å². The van der Waals surface area contributed by atoms with Crippen molar-refractivity contribution in [1.29, 1.82) is 0 Å². The topological polar surface area (TPSA) is 69.7 Å². The van der Waals surface area contributed by atoms with Crippen LogP contribution in [0, 0.1) is 0 Å². The number of carbonyl (C=O) groups is 1. The van der Waals surface area contributed by atoms with Crippen LogP contribution < -0.4 is 5.32 Å². The summed E-state index contributed by atoms with van der Waals surface area (Å²) in [6, 6.07) is 3.93. The molecule has 8 heteroatoms. The van der Waals surface area contributed by atoms with Crippen molar-refractivity contribution in [2.24, 2.45) is 0 Å². The number of carbonyl (C=O) groups excluding carboxylic acids is 1. The summed E-state index contributed by atoms with van der Waals surface area (Å²) < 4.78 is 26.7. The van der Waals surface area contributed by atoms with E-state index in [0.717, 1.165) is 4.88 Å². The van der Waals surface area contributed by atoms with Crippen LogP contribution in [0.4, 0.5) is 0 Å². The predicted octanol–water partition coefficient (Wildman–Crippen LogP) is 0.678. The summed E-state index contributed by atoms with van der Waals surface area (Å²) in [4.78, 5) is 13.0. The molecule has 1 aliphatic rings. The summed E-state index contributed by atoms with van der Waals surface area (Å²) >= 11 is 1.57. The molecule has 0 spiro atoms. The number of thiophene rings is 1. The molecule has 1 aromatic rings. The summed E-state index contributed by atoms with van der Waals surface area (Å²) in [5.74, 6) is 0.00590. The maximum atomic E-state index is 12.0. The Morgan fingerprint density at radius 1 is 1.43 bits per heavy atom. The first-order chi connectivity index (χ1) is 9.89. The normalized spacial score (nSPS) is 18.0. The van der Waals surface area contributed by atoms with Gasteiger partial charge in [0.1, 0.15) is 0 Å². The van der Waals surface area contributed by atoms with Crippen molar-refractivity contribution >= 4 is 27.5 Å². The molecule has 1 aliphatic heterocycles. The highest BCUT2D eigenvalue weighted by molar-refractivity contribution is 7.86. The minimum Gasteiger partial charge on any atom is -0.353 e. The fourth-order valence-corrected chi connectivity index (χ4v) is 4.15. The van der Waals surface area contributed by atoms with Crippen molar-refractivity contribution in [3.05, 3.63) is 22.4 Å². The molecule has 0 aliphatic carbocycles. The summed E-state index contributed by atoms with van der Waals surface area (Å²) in [6.07, 6.45) is 1.71. The molecule has 1 N–H and O–H groups in total. The number of hydrogen-bond donors (Lipinski definition) is 1. The van der Waals surface area contributed by atoms with Crippen molar-refractivity contribution in [2.75, 3.05) is 27.2 Å². The number of piperidine rings is 1. The van der Waals surface area contributed by atoms with E-state index in [-0.39, 0.29) is 11.9 Å². The fraction of sp³-hybridized carbons (Fsp3) is 0.615. The molecule has 1 aromatic heterocycles. The number of hydrogen-bond acceptors (Lipinski definition) is 4. The quantitative estimate of drug-likeness (QED) is 0.862. The number of amides is 1. The van der Waals surface area contributed by atoms with Crippen LogP contribution in [0.3, 0.4) is 0 Å². The Balaban J connectivity index is 1.80. The van der Waals surface area contributed by atoms with E-state index >= 15 is 0 Å². The monoisotopic (exact) mass is 331 g/mol. The van der Waals surface area contributed by atoms with Gasteiger partial charge >= 0.3 is 0 Å². The van der Waals surface area contributed by atoms with E-state index in [0.29, 0.717) is 32.4 Å². The SMILES string of the molecule is CN(C)S(=O)(=O)N1CCC(NC(=O)Cc2cccs2)CC1. The first-order valence-electron chi connectivity index (χ1n) is 6.89. The molecular formula is C13H21N3O3S2. The van der Waals surface area contributed by atoms with Gasteiger partial charge in [0.25, 0.3) is 10.2 Å². The highest BCUT2D eigenvalue weighted by Crippen LogP contribution is 2.16. The van der Waals surface area contributed by atoms with E-state index in [1.807, 2.05) is 17.5 Å². The van der Waals surface area contributed by atoms with Gasteiger partial charge < -0.3 is 5.32 Å². The lowest BCUT2D eigenvalue weighted by Crippen LogP contribution is -2.49. The summed E-state index contributed by atoms with van der Waals surface area (Å²) in [5, 5.41) is 4.94. The van der Waals surface area contributed by atoms with Gasteiger partial charge in [0, 0.05) is 38.1 Å². The van der Waals surface area contributed by atoms with Crippen LogP contribution >= 0.6 is 11.3 Å². The molecule has 0 bridgehead atoms. The lowest BCUT2D eigenvalue weighted by Gasteiger charge is -2.33. The maximum Gasteiger partial charge on any atom is 0.281 e. The van der Waals surface area contributed by atoms with Crippen LogP contribution in [0.25, 0.3) is 0 Å². The van der Waals surface area contributed by atoms with Gasteiger partial charge in [0.05, 0.1) is 6.42 Å². The zero-order chi connectivity index (χ0) is 15.5. The van der Waals surface area contributed by atoms with Crippen molar-refractivity contribution in [2.45, 2.75) is 25.3 Å². The van der Waals surface area contributed by atoms with Gasteiger partial charge in [-0.1, -0.05) is 6.07 Å². The standard InChI is InChI=1S/C13H21N3O3S2/c1-15(2)21(18,19)16-7-5-11(6-8-16)14-13(17)10-12-4-3-9-20-12/h3-4,9,11H,5-8,10H2,1-2H3,(H,14,17). The predicted molar refractivity (Wildman–Crippen MR) is 83.4 cm³/mol. The van der Waals surface area contributed by atoms with E-state index < -0.39 is 10.2 Å². The Bertz CT molecular complexity index is 561. The van der Waals surface area contributed by atoms with Crippen LogP contribution in [-0.2, 0) is 21.4 Å². The highest BCUT2D eigenvalue weighted by atomic mass is 32.2. The minimum atomic E-state index is -3.34. The van der Waals surface area contributed by atoms with Crippen LogP contribution in [0.15, 0.2) is 17.5 Å². The van der Waals surface area contributed by atoms with E-state index in [1.54, 1.807) is 11.3 Å². The van der Waals surface area contributed by atoms with Crippen molar-refractivity contribution in [3.63, 3.8) is 0 Å². The molecule has 0 radical (unpaired) electrons. The summed E-state index contributed by atoms with van der Waals surface area (Å²) in [7, 11) is -0.273. The molecular weight excluding hydrogens is 310 g/mol. The molecule has 118 valence electrons. The molecule has 2 rings (SSSR count). The molecule has 1 amide bonds. The summed E-state index contributed by atoms with van der Waals surface area (Å²) in [5.41, 5.74) is 0. The smallest absolute Gasteiger partial charge is 0.281 e. The molecule has 1 saturated heterocycles. The number of rotatable bonds is 5. The van der Waals surface area contributed by atoms with E-state index in [9.17, 15) is 13.2 Å². The van der Waals surface area contributed by atoms with Gasteiger partial charge in [0.15, 0.2) is 0 Å². The summed E-state index contributed by atoms with van der Waals surface area (Å²) in [6.45, 7) is 0.898. The van der Waals surface area contributed by atoms with E-state index in [4.69, 9.17) is 0 Å². The Labute approximate surface area is 129 Å². The van der Waals surface area contributed by atoms with Gasteiger partial charge in [-0.2, -0.15) is 17.0 Å². The van der Waals surface area contributed by atoms with Crippen LogP contribution in [-0.4, -0.2) is 56.2 Å². The average molecular weight is 331 g/mol. The second-order valence-electron chi connectivity index (χ2n) is 5.29. The second kappa shape index (κ2) is 6.87. The minimum absolute atomic E-state index is 0.00590. The zero-order valence-electron chi connectivity index (χ0n) is 12.3. The van der Waals surface area contributed by atoms with Crippen LogP contribution in [0.1, 0.15) is 17.7 Å². The molecule has 0 unspecified atom stereocenters. The van der Waals surface area contributed by atoms with Crippen LogP contribution in [0.5, 0.6) is 0 Å². The Kier molecular flexibility index (Phi) is 5.37. The third-order valence-electron chi connectivity index (χ3n) is 3.52. The van der Waals surface area contributed by atoms with Crippen molar-refractivity contribution in [3.8, 4) is 0 Å². The fourth-order valence-electron chi connectivity index (χ4n) is 2.31. The lowest BCUT2D eigenvalue weighted by atomic mass is 10.1. The molecule has 0 saturated carbocycles. The van der Waals surface area contributed by atoms with Crippen molar-refractivity contribution < 1.29 is 13.2 Å². The van der Waals surface area contributed by atoms with E-state index in [1.165, 1.54) is 22.7 Å². The lowest BCUT2D eigenvalue weighted by molar-refractivity contribution is -0.121. The third kappa shape index (κ3) is 4.26. The largest absolute Gasteiger partial charge is 0.353 e. The van der Waals surface area contributed by atoms with E-state index in [2.05, 4.69) is 5.32 Å². The van der Waals surface area contributed by atoms with Crippen LogP contribution in [0.2, 0.25) is 0 Å².